The highest BCUT2D eigenvalue weighted by Gasteiger charge is 2.37. The van der Waals surface area contributed by atoms with Crippen LogP contribution in [0.1, 0.15) is 15.9 Å². The number of likely N-dealkylation sites (N-methyl/N-ethyl adjacent to an activating group) is 1. The van der Waals surface area contributed by atoms with Crippen LogP contribution in [0.25, 0.3) is 0 Å². The molecular weight excluding hydrogens is 328 g/mol. The van der Waals surface area contributed by atoms with Crippen LogP contribution in [-0.2, 0) is 11.2 Å². The van der Waals surface area contributed by atoms with Crippen molar-refractivity contribution >= 4 is 5.91 Å². The summed E-state index contributed by atoms with van der Waals surface area (Å²) < 4.78 is 5.73. The number of aliphatic hydroxyl groups excluding tert-OH is 1. The Hall–Kier alpha value is -2.21. The van der Waals surface area contributed by atoms with Gasteiger partial charge in [0.1, 0.15) is 6.10 Å². The Labute approximate surface area is 154 Å². The SMILES string of the molecule is CN(CCc1ccccc1)C[C@@H]1OC[C@H](NC(=O)c2ccccc2)[C@H]1O. The van der Waals surface area contributed by atoms with Crippen LogP contribution in [0.2, 0.25) is 0 Å². The van der Waals surface area contributed by atoms with Gasteiger partial charge in [-0.15, -0.1) is 0 Å². The molecule has 2 aromatic rings. The molecule has 3 rings (SSSR count). The van der Waals surface area contributed by atoms with E-state index in [1.165, 1.54) is 5.56 Å². The molecule has 3 atom stereocenters. The minimum Gasteiger partial charge on any atom is -0.388 e. The minimum atomic E-state index is -0.707. The summed E-state index contributed by atoms with van der Waals surface area (Å²) in [6.07, 6.45) is -0.0485. The summed E-state index contributed by atoms with van der Waals surface area (Å²) in [5, 5.41) is 13.4. The zero-order valence-corrected chi connectivity index (χ0v) is 15.0. The molecule has 1 amide bonds. The van der Waals surface area contributed by atoms with Gasteiger partial charge in [-0.1, -0.05) is 48.5 Å². The van der Waals surface area contributed by atoms with Crippen LogP contribution >= 0.6 is 0 Å². The predicted octanol–water partition coefficient (Wildman–Crippen LogP) is 1.72. The van der Waals surface area contributed by atoms with Crippen LogP contribution in [0.3, 0.4) is 0 Å². The van der Waals surface area contributed by atoms with Gasteiger partial charge in [0.15, 0.2) is 0 Å². The number of hydrogen-bond acceptors (Lipinski definition) is 4. The minimum absolute atomic E-state index is 0.184. The molecule has 5 nitrogen and oxygen atoms in total. The summed E-state index contributed by atoms with van der Waals surface area (Å²) in [6.45, 7) is 1.85. The predicted molar refractivity (Wildman–Crippen MR) is 101 cm³/mol. The number of carbonyl (C=O) groups excluding carboxylic acids is 1. The van der Waals surface area contributed by atoms with Gasteiger partial charge in [0.2, 0.25) is 0 Å². The van der Waals surface area contributed by atoms with Crippen molar-refractivity contribution in [2.24, 2.45) is 0 Å². The molecule has 0 spiro atoms. The fraction of sp³-hybridized carbons (Fsp3) is 0.381. The second-order valence-corrected chi connectivity index (χ2v) is 6.81. The second-order valence-electron chi connectivity index (χ2n) is 6.81. The van der Waals surface area contributed by atoms with Crippen LogP contribution in [-0.4, -0.2) is 60.9 Å². The molecule has 0 aliphatic carbocycles. The van der Waals surface area contributed by atoms with Gasteiger partial charge in [-0.2, -0.15) is 0 Å². The first-order chi connectivity index (χ1) is 12.6. The van der Waals surface area contributed by atoms with E-state index in [2.05, 4.69) is 22.3 Å². The van der Waals surface area contributed by atoms with E-state index in [0.717, 1.165) is 13.0 Å². The number of nitrogens with zero attached hydrogens (tertiary/aromatic N) is 1. The average molecular weight is 354 g/mol. The summed E-state index contributed by atoms with van der Waals surface area (Å²) in [5.41, 5.74) is 1.88. The largest absolute Gasteiger partial charge is 0.388 e. The van der Waals surface area contributed by atoms with Crippen molar-refractivity contribution in [3.05, 3.63) is 71.8 Å². The molecule has 5 heteroatoms. The number of aliphatic hydroxyl groups is 1. The van der Waals surface area contributed by atoms with Crippen molar-refractivity contribution in [3.63, 3.8) is 0 Å². The van der Waals surface area contributed by atoms with Gasteiger partial charge in [0.05, 0.1) is 18.8 Å². The van der Waals surface area contributed by atoms with Crippen LogP contribution in [0.4, 0.5) is 0 Å². The van der Waals surface area contributed by atoms with Crippen molar-refractivity contribution in [3.8, 4) is 0 Å². The Morgan fingerprint density at radius 2 is 1.81 bits per heavy atom. The zero-order valence-electron chi connectivity index (χ0n) is 15.0. The molecule has 138 valence electrons. The van der Waals surface area contributed by atoms with Crippen molar-refractivity contribution in [2.45, 2.75) is 24.7 Å². The summed E-state index contributed by atoms with van der Waals surface area (Å²) in [7, 11) is 2.02. The quantitative estimate of drug-likeness (QED) is 0.795. The Morgan fingerprint density at radius 1 is 1.15 bits per heavy atom. The maximum atomic E-state index is 12.2. The van der Waals surface area contributed by atoms with E-state index < -0.39 is 6.10 Å². The van der Waals surface area contributed by atoms with E-state index in [4.69, 9.17) is 4.74 Å². The zero-order chi connectivity index (χ0) is 18.4. The van der Waals surface area contributed by atoms with Crippen LogP contribution < -0.4 is 5.32 Å². The van der Waals surface area contributed by atoms with Crippen LogP contribution in [0.5, 0.6) is 0 Å². The van der Waals surface area contributed by atoms with Crippen molar-refractivity contribution < 1.29 is 14.6 Å². The smallest absolute Gasteiger partial charge is 0.251 e. The van der Waals surface area contributed by atoms with Gasteiger partial charge in [-0.25, -0.2) is 0 Å². The lowest BCUT2D eigenvalue weighted by atomic mass is 10.1. The molecule has 0 saturated carbocycles. The van der Waals surface area contributed by atoms with Crippen molar-refractivity contribution in [2.75, 3.05) is 26.7 Å². The fourth-order valence-electron chi connectivity index (χ4n) is 3.18. The third kappa shape index (κ3) is 4.91. The van der Waals surface area contributed by atoms with Gasteiger partial charge >= 0.3 is 0 Å². The van der Waals surface area contributed by atoms with Gasteiger partial charge in [-0.3, -0.25) is 4.79 Å². The lowest BCUT2D eigenvalue weighted by molar-refractivity contribution is 0.0203. The number of rotatable bonds is 7. The molecule has 1 heterocycles. The molecular formula is C21H26N2O3. The number of hydrogen-bond donors (Lipinski definition) is 2. The third-order valence-electron chi connectivity index (χ3n) is 4.75. The molecule has 0 unspecified atom stereocenters. The molecule has 2 N–H and O–H groups in total. The Kier molecular flexibility index (Phi) is 6.39. The monoisotopic (exact) mass is 354 g/mol. The molecule has 1 aliphatic rings. The summed E-state index contributed by atoms with van der Waals surface area (Å²) >= 11 is 0. The highest BCUT2D eigenvalue weighted by molar-refractivity contribution is 5.94. The number of carbonyl (C=O) groups is 1. The van der Waals surface area contributed by atoms with E-state index >= 15 is 0 Å². The van der Waals surface area contributed by atoms with E-state index in [-0.39, 0.29) is 18.1 Å². The van der Waals surface area contributed by atoms with Crippen molar-refractivity contribution in [1.82, 2.24) is 10.2 Å². The molecule has 0 radical (unpaired) electrons. The highest BCUT2D eigenvalue weighted by atomic mass is 16.5. The lowest BCUT2D eigenvalue weighted by Crippen LogP contribution is -2.46. The molecule has 26 heavy (non-hydrogen) atoms. The van der Waals surface area contributed by atoms with Gasteiger partial charge in [0.25, 0.3) is 5.91 Å². The molecule has 1 aliphatic heterocycles. The summed E-state index contributed by atoms with van der Waals surface area (Å²) in [5.74, 6) is -0.184. The van der Waals surface area contributed by atoms with Gasteiger partial charge in [-0.05, 0) is 31.2 Å². The molecule has 2 aromatic carbocycles. The molecule has 1 saturated heterocycles. The highest BCUT2D eigenvalue weighted by Crippen LogP contribution is 2.16. The Morgan fingerprint density at radius 3 is 2.50 bits per heavy atom. The number of benzene rings is 2. The van der Waals surface area contributed by atoms with E-state index in [0.29, 0.717) is 18.7 Å². The Bertz CT molecular complexity index is 693. The first kappa shape index (κ1) is 18.6. The second kappa shape index (κ2) is 8.94. The standard InChI is InChI=1S/C21H26N2O3/c1-23(13-12-16-8-4-2-5-9-16)14-19-20(24)18(15-26-19)22-21(25)17-10-6-3-7-11-17/h2-11,18-20,24H,12-15H2,1H3,(H,22,25)/t18-,19-,20+/m0/s1. The topological polar surface area (TPSA) is 61.8 Å². The first-order valence-corrected chi connectivity index (χ1v) is 9.01. The fourth-order valence-corrected chi connectivity index (χ4v) is 3.18. The summed E-state index contributed by atoms with van der Waals surface area (Å²) in [6, 6.07) is 19.0. The number of amides is 1. The maximum absolute atomic E-state index is 12.2. The van der Waals surface area contributed by atoms with Crippen molar-refractivity contribution in [1.29, 1.82) is 0 Å². The van der Waals surface area contributed by atoms with E-state index in [1.807, 2.05) is 43.4 Å². The maximum Gasteiger partial charge on any atom is 0.251 e. The van der Waals surface area contributed by atoms with Gasteiger partial charge in [0, 0.05) is 18.7 Å². The third-order valence-corrected chi connectivity index (χ3v) is 4.75. The molecule has 1 fully saturated rings. The lowest BCUT2D eigenvalue weighted by Gasteiger charge is -2.23. The Balaban J connectivity index is 1.46. The normalized spacial score (nSPS) is 22.5. The molecule has 0 bridgehead atoms. The number of nitrogens with one attached hydrogen (secondary N) is 1. The van der Waals surface area contributed by atoms with E-state index in [9.17, 15) is 9.90 Å². The van der Waals surface area contributed by atoms with Gasteiger partial charge < -0.3 is 20.1 Å². The van der Waals surface area contributed by atoms with Crippen LogP contribution in [0, 0.1) is 0 Å². The molecule has 0 aromatic heterocycles. The van der Waals surface area contributed by atoms with Crippen LogP contribution in [0.15, 0.2) is 60.7 Å². The average Bonchev–Trinajstić information content (AvgIpc) is 3.01. The van der Waals surface area contributed by atoms with E-state index in [1.54, 1.807) is 12.1 Å². The summed E-state index contributed by atoms with van der Waals surface area (Å²) in [4.78, 5) is 14.4. The first-order valence-electron chi connectivity index (χ1n) is 9.01. The number of ether oxygens (including phenoxy) is 1.